The van der Waals surface area contributed by atoms with Gasteiger partial charge in [0.25, 0.3) is 0 Å². The summed E-state index contributed by atoms with van der Waals surface area (Å²) in [5, 5.41) is 14.5. The molecular weight excluding hydrogens is 264 g/mol. The van der Waals surface area contributed by atoms with E-state index in [1.165, 1.54) is 4.88 Å². The van der Waals surface area contributed by atoms with E-state index >= 15 is 0 Å². The van der Waals surface area contributed by atoms with Crippen LogP contribution in [-0.4, -0.2) is 23.7 Å². The summed E-state index contributed by atoms with van der Waals surface area (Å²) in [7, 11) is 0. The van der Waals surface area contributed by atoms with Crippen molar-refractivity contribution in [3.05, 3.63) is 21.9 Å². The highest BCUT2D eigenvalue weighted by Crippen LogP contribution is 2.45. The molecule has 0 aliphatic heterocycles. The van der Waals surface area contributed by atoms with E-state index in [9.17, 15) is 9.59 Å². The van der Waals surface area contributed by atoms with Crippen molar-refractivity contribution in [2.45, 2.75) is 32.7 Å². The molecule has 1 aromatic heterocycles. The van der Waals surface area contributed by atoms with Crippen LogP contribution in [0, 0.1) is 12.3 Å². The molecule has 6 heteroatoms. The van der Waals surface area contributed by atoms with Gasteiger partial charge in [0.05, 0.1) is 11.5 Å². The first-order chi connectivity index (χ1) is 8.93. The number of carbonyl (C=O) groups excluding carboxylic acids is 1. The molecule has 0 radical (unpaired) electrons. The average Bonchev–Trinajstić information content (AvgIpc) is 3.02. The average molecular weight is 282 g/mol. The Labute approximate surface area is 116 Å². The number of carboxylic acids is 1. The zero-order valence-corrected chi connectivity index (χ0v) is 11.8. The predicted octanol–water partition coefficient (Wildman–Crippen LogP) is 2.28. The molecule has 5 nitrogen and oxygen atoms in total. The SMILES string of the molecule is Cc1ccc(C(C)NC(=O)NCC2(C(=O)O)CC2)s1. The third-order valence-corrected chi connectivity index (χ3v) is 4.61. The fourth-order valence-electron chi connectivity index (χ4n) is 1.87. The smallest absolute Gasteiger partial charge is 0.315 e. The van der Waals surface area contributed by atoms with Crippen LogP contribution in [0.5, 0.6) is 0 Å². The van der Waals surface area contributed by atoms with E-state index in [1.807, 2.05) is 26.0 Å². The lowest BCUT2D eigenvalue weighted by Gasteiger charge is -2.15. The standard InChI is InChI=1S/C13H18N2O3S/c1-8-3-4-10(19-8)9(2)15-12(18)14-7-13(5-6-13)11(16)17/h3-4,9H,5-7H2,1-2H3,(H,16,17)(H2,14,15,18). The lowest BCUT2D eigenvalue weighted by atomic mass is 10.1. The van der Waals surface area contributed by atoms with Crippen LogP contribution in [0.3, 0.4) is 0 Å². The molecule has 0 saturated heterocycles. The molecule has 104 valence electrons. The van der Waals surface area contributed by atoms with Gasteiger partial charge in [-0.05, 0) is 38.8 Å². The van der Waals surface area contributed by atoms with Crippen LogP contribution < -0.4 is 10.6 Å². The number of hydrogen-bond acceptors (Lipinski definition) is 3. The number of hydrogen-bond donors (Lipinski definition) is 3. The summed E-state index contributed by atoms with van der Waals surface area (Å²) in [5.41, 5.74) is -0.722. The van der Waals surface area contributed by atoms with Crippen LogP contribution in [0.15, 0.2) is 12.1 Å². The van der Waals surface area contributed by atoms with E-state index in [-0.39, 0.29) is 18.6 Å². The number of amides is 2. The molecule has 0 bridgehead atoms. The highest BCUT2D eigenvalue weighted by molar-refractivity contribution is 7.12. The van der Waals surface area contributed by atoms with E-state index in [0.717, 1.165) is 4.88 Å². The third kappa shape index (κ3) is 3.26. The Morgan fingerprint density at radius 2 is 2.16 bits per heavy atom. The maximum Gasteiger partial charge on any atom is 0.315 e. The molecule has 1 aliphatic rings. The van der Waals surface area contributed by atoms with Crippen LogP contribution >= 0.6 is 11.3 Å². The van der Waals surface area contributed by atoms with Crippen molar-refractivity contribution in [2.75, 3.05) is 6.54 Å². The maximum absolute atomic E-state index is 11.7. The van der Waals surface area contributed by atoms with E-state index in [0.29, 0.717) is 12.8 Å². The Kier molecular flexibility index (Phi) is 3.80. The number of urea groups is 1. The Balaban J connectivity index is 1.80. The van der Waals surface area contributed by atoms with Crippen molar-refractivity contribution in [1.29, 1.82) is 0 Å². The Bertz CT molecular complexity index is 494. The number of carboxylic acid groups (broad SMARTS) is 1. The molecule has 2 rings (SSSR count). The number of aryl methyl sites for hydroxylation is 1. The molecule has 0 spiro atoms. The lowest BCUT2D eigenvalue weighted by molar-refractivity contribution is -0.143. The first-order valence-electron chi connectivity index (χ1n) is 6.27. The molecule has 1 unspecified atom stereocenters. The van der Waals surface area contributed by atoms with Gasteiger partial charge in [-0.15, -0.1) is 11.3 Å². The molecule has 19 heavy (non-hydrogen) atoms. The minimum Gasteiger partial charge on any atom is -0.481 e. The summed E-state index contributed by atoms with van der Waals surface area (Å²) >= 11 is 1.64. The third-order valence-electron chi connectivity index (χ3n) is 3.43. The number of carbonyl (C=O) groups is 2. The fourth-order valence-corrected chi connectivity index (χ4v) is 2.75. The lowest BCUT2D eigenvalue weighted by Crippen LogP contribution is -2.41. The first-order valence-corrected chi connectivity index (χ1v) is 7.09. The molecule has 0 aromatic carbocycles. The molecule has 3 N–H and O–H groups in total. The van der Waals surface area contributed by atoms with Crippen LogP contribution in [0.1, 0.15) is 35.6 Å². The fraction of sp³-hybridized carbons (Fsp3) is 0.538. The highest BCUT2D eigenvalue weighted by Gasteiger charge is 2.50. The summed E-state index contributed by atoms with van der Waals surface area (Å²) in [6, 6.07) is 3.62. The van der Waals surface area contributed by atoms with Gasteiger partial charge in [0.2, 0.25) is 0 Å². The minimum atomic E-state index is -0.824. The van der Waals surface area contributed by atoms with Crippen LogP contribution in [0.2, 0.25) is 0 Å². The van der Waals surface area contributed by atoms with Gasteiger partial charge in [0.15, 0.2) is 0 Å². The second-order valence-corrected chi connectivity index (χ2v) is 6.40. The van der Waals surface area contributed by atoms with E-state index < -0.39 is 11.4 Å². The Morgan fingerprint density at radius 1 is 1.47 bits per heavy atom. The van der Waals surface area contributed by atoms with Gasteiger partial charge < -0.3 is 15.7 Å². The summed E-state index contributed by atoms with van der Waals surface area (Å²) in [4.78, 5) is 25.0. The van der Waals surface area contributed by atoms with Gasteiger partial charge in [-0.3, -0.25) is 4.79 Å². The highest BCUT2D eigenvalue weighted by atomic mass is 32.1. The zero-order chi connectivity index (χ0) is 14.0. The van der Waals surface area contributed by atoms with Crippen molar-refractivity contribution in [3.8, 4) is 0 Å². The molecule has 1 atom stereocenters. The van der Waals surface area contributed by atoms with Crippen LogP contribution in [0.4, 0.5) is 4.79 Å². The van der Waals surface area contributed by atoms with E-state index in [4.69, 9.17) is 5.11 Å². The van der Waals surface area contributed by atoms with Gasteiger partial charge >= 0.3 is 12.0 Å². The normalized spacial score (nSPS) is 17.6. The summed E-state index contributed by atoms with van der Waals surface area (Å²) in [6.45, 7) is 4.13. The van der Waals surface area contributed by atoms with E-state index in [1.54, 1.807) is 11.3 Å². The van der Waals surface area contributed by atoms with Crippen molar-refractivity contribution in [2.24, 2.45) is 5.41 Å². The number of nitrogens with one attached hydrogen (secondary N) is 2. The van der Waals surface area contributed by atoms with Gasteiger partial charge in [0, 0.05) is 16.3 Å². The summed E-state index contributed by atoms with van der Waals surface area (Å²) in [5.74, 6) is -0.824. The molecule has 1 saturated carbocycles. The van der Waals surface area contributed by atoms with Crippen molar-refractivity contribution in [3.63, 3.8) is 0 Å². The number of aliphatic carboxylic acids is 1. The minimum absolute atomic E-state index is 0.0707. The largest absolute Gasteiger partial charge is 0.481 e. The molecule has 1 aliphatic carbocycles. The van der Waals surface area contributed by atoms with Gasteiger partial charge in [-0.1, -0.05) is 0 Å². The first kappa shape index (κ1) is 13.9. The molecule has 1 aromatic rings. The monoisotopic (exact) mass is 282 g/mol. The van der Waals surface area contributed by atoms with Gasteiger partial charge in [-0.25, -0.2) is 4.79 Å². The van der Waals surface area contributed by atoms with E-state index in [2.05, 4.69) is 10.6 Å². The van der Waals surface area contributed by atoms with Crippen molar-refractivity contribution < 1.29 is 14.7 Å². The molecule has 2 amide bonds. The Hall–Kier alpha value is -1.56. The molecular formula is C13H18N2O3S. The molecule has 1 heterocycles. The quantitative estimate of drug-likeness (QED) is 0.775. The predicted molar refractivity (Wildman–Crippen MR) is 73.3 cm³/mol. The topological polar surface area (TPSA) is 78.4 Å². The van der Waals surface area contributed by atoms with Crippen molar-refractivity contribution >= 4 is 23.3 Å². The summed E-state index contributed by atoms with van der Waals surface area (Å²) < 4.78 is 0. The number of thiophene rings is 1. The van der Waals surface area contributed by atoms with Gasteiger partial charge in [-0.2, -0.15) is 0 Å². The van der Waals surface area contributed by atoms with Gasteiger partial charge in [0.1, 0.15) is 0 Å². The zero-order valence-electron chi connectivity index (χ0n) is 11.0. The van der Waals surface area contributed by atoms with Crippen molar-refractivity contribution in [1.82, 2.24) is 10.6 Å². The number of rotatable bonds is 5. The molecule has 1 fully saturated rings. The Morgan fingerprint density at radius 3 is 2.63 bits per heavy atom. The second-order valence-electron chi connectivity index (χ2n) is 5.08. The summed E-state index contributed by atoms with van der Waals surface area (Å²) in [6.07, 6.45) is 1.28. The maximum atomic E-state index is 11.7. The van der Waals surface area contributed by atoms with Crippen LogP contribution in [0.25, 0.3) is 0 Å². The second kappa shape index (κ2) is 5.21. The van der Waals surface area contributed by atoms with Crippen LogP contribution in [-0.2, 0) is 4.79 Å².